The van der Waals surface area contributed by atoms with Crippen LogP contribution in [-0.2, 0) is 0 Å². The third kappa shape index (κ3) is 0.628. The second-order valence-electron chi connectivity index (χ2n) is 2.63. The number of fused-ring (bicyclic) bond motifs is 1. The minimum Gasteiger partial charge on any atom is -0.511 e. The van der Waals surface area contributed by atoms with Crippen LogP contribution in [0.25, 0.3) is 0 Å². The fourth-order valence-electron chi connectivity index (χ4n) is 1.13. The summed E-state index contributed by atoms with van der Waals surface area (Å²) >= 11 is 1.80. The third-order valence-corrected chi connectivity index (χ3v) is 3.39. The molecule has 1 fully saturated rings. The van der Waals surface area contributed by atoms with Crippen molar-refractivity contribution in [2.45, 2.75) is 16.9 Å². The van der Waals surface area contributed by atoms with Gasteiger partial charge in [-0.3, -0.25) is 0 Å². The molecule has 0 bridgehead atoms. The predicted octanol–water partition coefficient (Wildman–Crippen LogP) is 1.87. The average Bonchev–Trinajstić information content (AvgIpc) is 2.43. The van der Waals surface area contributed by atoms with Crippen LogP contribution in [0.2, 0.25) is 0 Å². The van der Waals surface area contributed by atoms with Crippen molar-refractivity contribution in [3.63, 3.8) is 0 Å². The SMILES string of the molecule is CC12C=CC=C(O)C1S2. The lowest BCUT2D eigenvalue weighted by Crippen LogP contribution is -2.09. The molecule has 0 amide bonds. The first-order valence-corrected chi connectivity index (χ1v) is 3.86. The summed E-state index contributed by atoms with van der Waals surface area (Å²) in [6.07, 6.45) is 5.83. The van der Waals surface area contributed by atoms with Gasteiger partial charge in [0.25, 0.3) is 0 Å². The van der Waals surface area contributed by atoms with Gasteiger partial charge in [-0.2, -0.15) is 0 Å². The van der Waals surface area contributed by atoms with Gasteiger partial charge in [-0.05, 0) is 13.0 Å². The molecule has 1 nitrogen and oxygen atoms in total. The highest BCUT2D eigenvalue weighted by Crippen LogP contribution is 2.58. The summed E-state index contributed by atoms with van der Waals surface area (Å²) in [4.78, 5) is 0. The molecule has 2 rings (SSSR count). The van der Waals surface area contributed by atoms with E-state index in [4.69, 9.17) is 0 Å². The number of aliphatic hydroxyl groups excluding tert-OH is 1. The summed E-state index contributed by atoms with van der Waals surface area (Å²) in [6, 6.07) is 0. The maximum atomic E-state index is 9.17. The molecule has 2 atom stereocenters. The highest BCUT2D eigenvalue weighted by Gasteiger charge is 2.52. The van der Waals surface area contributed by atoms with E-state index in [1.165, 1.54) is 0 Å². The van der Waals surface area contributed by atoms with Gasteiger partial charge in [0, 0.05) is 0 Å². The quantitative estimate of drug-likeness (QED) is 0.518. The van der Waals surface area contributed by atoms with Crippen LogP contribution in [0, 0.1) is 0 Å². The largest absolute Gasteiger partial charge is 0.511 e. The van der Waals surface area contributed by atoms with Crippen LogP contribution in [0.5, 0.6) is 0 Å². The van der Waals surface area contributed by atoms with Crippen molar-refractivity contribution in [3.8, 4) is 0 Å². The van der Waals surface area contributed by atoms with Crippen LogP contribution in [0.1, 0.15) is 6.92 Å². The summed E-state index contributed by atoms with van der Waals surface area (Å²) in [5, 5.41) is 9.54. The first-order chi connectivity index (χ1) is 4.22. The van der Waals surface area contributed by atoms with Crippen molar-refractivity contribution in [1.82, 2.24) is 0 Å². The maximum absolute atomic E-state index is 9.17. The molecule has 0 saturated carbocycles. The Morgan fingerprint density at radius 3 is 3.11 bits per heavy atom. The molecule has 0 aromatic rings. The number of hydrogen-bond donors (Lipinski definition) is 1. The van der Waals surface area contributed by atoms with Crippen molar-refractivity contribution in [2.24, 2.45) is 0 Å². The molecular formula is C7H8OS. The smallest absolute Gasteiger partial charge is 0.107 e. The summed E-state index contributed by atoms with van der Waals surface area (Å²) < 4.78 is 0.235. The molecule has 1 heterocycles. The molecule has 1 aliphatic heterocycles. The van der Waals surface area contributed by atoms with E-state index >= 15 is 0 Å². The Hall–Kier alpha value is -0.370. The van der Waals surface area contributed by atoms with Crippen molar-refractivity contribution in [3.05, 3.63) is 24.0 Å². The van der Waals surface area contributed by atoms with Gasteiger partial charge in [-0.25, -0.2) is 0 Å². The molecule has 1 N–H and O–H groups in total. The van der Waals surface area contributed by atoms with E-state index in [0.29, 0.717) is 11.0 Å². The second-order valence-corrected chi connectivity index (χ2v) is 4.22. The molecule has 0 aromatic heterocycles. The van der Waals surface area contributed by atoms with Gasteiger partial charge in [-0.1, -0.05) is 12.2 Å². The fraction of sp³-hybridized carbons (Fsp3) is 0.429. The zero-order chi connectivity index (χ0) is 6.48. The number of thioether (sulfide) groups is 1. The Balaban J connectivity index is 2.34. The Kier molecular flexibility index (Phi) is 0.826. The van der Waals surface area contributed by atoms with Crippen LogP contribution < -0.4 is 0 Å². The van der Waals surface area contributed by atoms with E-state index in [1.807, 2.05) is 6.08 Å². The molecule has 2 aliphatic rings. The van der Waals surface area contributed by atoms with Crippen LogP contribution in [0.4, 0.5) is 0 Å². The Morgan fingerprint density at radius 1 is 1.78 bits per heavy atom. The first-order valence-electron chi connectivity index (χ1n) is 2.98. The monoisotopic (exact) mass is 140 g/mol. The molecule has 0 aromatic carbocycles. The van der Waals surface area contributed by atoms with Gasteiger partial charge >= 0.3 is 0 Å². The van der Waals surface area contributed by atoms with Crippen LogP contribution >= 0.6 is 11.8 Å². The molecule has 0 spiro atoms. The van der Waals surface area contributed by atoms with Gasteiger partial charge in [-0.15, -0.1) is 11.8 Å². The summed E-state index contributed by atoms with van der Waals surface area (Å²) in [7, 11) is 0. The zero-order valence-electron chi connectivity index (χ0n) is 5.16. The molecule has 2 heteroatoms. The zero-order valence-corrected chi connectivity index (χ0v) is 5.98. The fourth-order valence-corrected chi connectivity index (χ4v) is 2.12. The maximum Gasteiger partial charge on any atom is 0.107 e. The van der Waals surface area contributed by atoms with E-state index < -0.39 is 0 Å². The molecule has 1 aliphatic carbocycles. The van der Waals surface area contributed by atoms with Crippen molar-refractivity contribution in [1.29, 1.82) is 0 Å². The van der Waals surface area contributed by atoms with E-state index in [2.05, 4.69) is 13.0 Å². The Bertz CT molecular complexity index is 207. The third-order valence-electron chi connectivity index (χ3n) is 1.80. The highest BCUT2D eigenvalue weighted by molar-refractivity contribution is 8.09. The van der Waals surface area contributed by atoms with E-state index in [-0.39, 0.29) is 4.75 Å². The number of aliphatic hydroxyl groups is 1. The molecule has 48 valence electrons. The minimum absolute atomic E-state index is 0.235. The van der Waals surface area contributed by atoms with Gasteiger partial charge in [0.1, 0.15) is 5.76 Å². The Labute approximate surface area is 58.5 Å². The van der Waals surface area contributed by atoms with Crippen molar-refractivity contribution in [2.75, 3.05) is 0 Å². The highest BCUT2D eigenvalue weighted by atomic mass is 32.2. The molecule has 9 heavy (non-hydrogen) atoms. The van der Waals surface area contributed by atoms with E-state index in [0.717, 1.165) is 0 Å². The lowest BCUT2D eigenvalue weighted by molar-refractivity contribution is 0.394. The lowest BCUT2D eigenvalue weighted by atomic mass is 10.0. The average molecular weight is 140 g/mol. The molecular weight excluding hydrogens is 132 g/mol. The van der Waals surface area contributed by atoms with Gasteiger partial charge in [0.15, 0.2) is 0 Å². The van der Waals surface area contributed by atoms with Gasteiger partial charge < -0.3 is 5.11 Å². The summed E-state index contributed by atoms with van der Waals surface area (Å²) in [5.41, 5.74) is 0. The van der Waals surface area contributed by atoms with Gasteiger partial charge in [0.2, 0.25) is 0 Å². The van der Waals surface area contributed by atoms with Gasteiger partial charge in [0.05, 0.1) is 10.00 Å². The minimum atomic E-state index is 0.235. The van der Waals surface area contributed by atoms with Crippen LogP contribution in [-0.4, -0.2) is 15.1 Å². The summed E-state index contributed by atoms with van der Waals surface area (Å²) in [6.45, 7) is 2.14. The second kappa shape index (κ2) is 1.37. The molecule has 1 saturated heterocycles. The van der Waals surface area contributed by atoms with Crippen LogP contribution in [0.15, 0.2) is 24.0 Å². The molecule has 0 radical (unpaired) electrons. The van der Waals surface area contributed by atoms with Crippen molar-refractivity contribution >= 4 is 11.8 Å². The molecule has 2 unspecified atom stereocenters. The predicted molar refractivity (Wildman–Crippen MR) is 39.6 cm³/mol. The van der Waals surface area contributed by atoms with Crippen molar-refractivity contribution < 1.29 is 5.11 Å². The van der Waals surface area contributed by atoms with E-state index in [9.17, 15) is 5.11 Å². The normalized spacial score (nSPS) is 45.9. The van der Waals surface area contributed by atoms with E-state index in [1.54, 1.807) is 17.8 Å². The summed E-state index contributed by atoms with van der Waals surface area (Å²) in [5.74, 6) is 0.532. The number of hydrogen-bond acceptors (Lipinski definition) is 2. The Morgan fingerprint density at radius 2 is 2.56 bits per heavy atom. The number of rotatable bonds is 0. The first kappa shape index (κ1) is 5.42. The topological polar surface area (TPSA) is 20.2 Å². The van der Waals surface area contributed by atoms with Crippen LogP contribution in [0.3, 0.4) is 0 Å². The number of allylic oxidation sites excluding steroid dienone is 2. The standard InChI is InChI=1S/C7H8OS/c1-7-4-2-3-5(8)6(7)9-7/h2-4,6,8H,1H3. The lowest BCUT2D eigenvalue weighted by Gasteiger charge is -2.04.